The molecular weight excluding hydrogens is 871 g/mol. The highest BCUT2D eigenvalue weighted by molar-refractivity contribution is 6.74. The Hall–Kier alpha value is -6.54. The van der Waals surface area contributed by atoms with Crippen LogP contribution in [0.15, 0.2) is 84.9 Å². The number of hydroxylamine groups is 1. The third-order valence-corrected chi connectivity index (χ3v) is 18.9. The van der Waals surface area contributed by atoms with Crippen LogP contribution in [0, 0.1) is 62.3 Å². The van der Waals surface area contributed by atoms with Gasteiger partial charge in [0.15, 0.2) is 0 Å². The van der Waals surface area contributed by atoms with Crippen molar-refractivity contribution in [3.8, 4) is 44.5 Å². The monoisotopic (exact) mass is 942 g/mol. The maximum Gasteiger partial charge on any atom is 0.228 e. The van der Waals surface area contributed by atoms with Gasteiger partial charge >= 0.3 is 0 Å². The second-order valence-corrected chi connectivity index (χ2v) is 27.4. The molecule has 7 heteroatoms. The molecule has 0 saturated heterocycles. The van der Waals surface area contributed by atoms with Crippen molar-refractivity contribution >= 4 is 60.4 Å². The number of hydrogen-bond acceptors (Lipinski definition) is 4. The van der Waals surface area contributed by atoms with Gasteiger partial charge in [-0.15, -0.1) is 0 Å². The van der Waals surface area contributed by atoms with E-state index in [1.54, 1.807) is 0 Å². The van der Waals surface area contributed by atoms with E-state index >= 15 is 0 Å². The quantitative estimate of drug-likeness (QED) is 0.123. The van der Waals surface area contributed by atoms with Crippen molar-refractivity contribution in [3.05, 3.63) is 158 Å². The average molecular weight is 942 g/mol. The summed E-state index contributed by atoms with van der Waals surface area (Å²) in [6.45, 7) is 38.0. The molecule has 9 rings (SSSR count). The van der Waals surface area contributed by atoms with Crippen LogP contribution in [0.25, 0.3) is 90.9 Å². The Labute approximate surface area is 417 Å². The minimum absolute atomic E-state index is 0.0440. The lowest BCUT2D eigenvalue weighted by Crippen LogP contribution is -2.52. The molecule has 0 saturated carbocycles. The van der Waals surface area contributed by atoms with Gasteiger partial charge in [-0.2, -0.15) is 0 Å². The molecule has 0 radical (unpaired) electrons. The second kappa shape index (κ2) is 17.7. The maximum absolute atomic E-state index is 7.08. The first-order chi connectivity index (χ1) is 32.9. The smallest absolute Gasteiger partial charge is 0.228 e. The Morgan fingerprint density at radius 1 is 0.414 bits per heavy atom. The van der Waals surface area contributed by atoms with Gasteiger partial charge < -0.3 is 14.5 Å². The molecule has 0 unspecified atom stereocenters. The van der Waals surface area contributed by atoms with Crippen molar-refractivity contribution in [2.24, 2.45) is 0 Å². The van der Waals surface area contributed by atoms with Crippen molar-refractivity contribution in [1.29, 1.82) is 0 Å². The summed E-state index contributed by atoms with van der Waals surface area (Å²) in [5.74, 6) is 0. The lowest BCUT2D eigenvalue weighted by atomic mass is 9.92. The maximum atomic E-state index is 7.08. The van der Waals surface area contributed by atoms with Gasteiger partial charge in [0.05, 0.1) is 34.0 Å². The molecule has 5 heterocycles. The van der Waals surface area contributed by atoms with Crippen LogP contribution in [0.3, 0.4) is 0 Å². The molecule has 2 N–H and O–H groups in total. The number of hydrogen-bond donors (Lipinski definition) is 2. The standard InChI is InChI=1S/C63H71N5OSi/c1-36-30-39(4)55(40(5)31-36)59-49-24-22-47(64-49)58(45-18-20-46(21-19-45)68(62(10,11)12)69-70(16,17)63(13,14)15)48-23-25-50(65-48)60(56-41(6)32-37(2)33-42(56)7)52-27-29-54(67-52)61(53-28-26-51(59)66-53)57-43(8)34-38(3)35-44(57)9/h18-35,64-65H,1-17H3. The zero-order valence-corrected chi connectivity index (χ0v) is 45.6. The van der Waals surface area contributed by atoms with Gasteiger partial charge in [-0.05, 0) is 218 Å². The summed E-state index contributed by atoms with van der Waals surface area (Å²) in [6, 6.07) is 31.6. The van der Waals surface area contributed by atoms with Gasteiger partial charge in [-0.25, -0.2) is 9.97 Å². The lowest BCUT2D eigenvalue weighted by Gasteiger charge is -2.45. The molecule has 2 aliphatic rings. The van der Waals surface area contributed by atoms with Gasteiger partial charge in [0.2, 0.25) is 8.32 Å². The zero-order chi connectivity index (χ0) is 50.4. The Kier molecular flexibility index (Phi) is 12.3. The molecule has 0 fully saturated rings. The zero-order valence-electron chi connectivity index (χ0n) is 44.6. The minimum Gasteiger partial charge on any atom is -0.354 e. The second-order valence-electron chi connectivity index (χ2n) is 22.7. The highest BCUT2D eigenvalue weighted by Gasteiger charge is 2.42. The number of rotatable bonds is 7. The number of H-pyrrole nitrogens is 2. The number of aromatic nitrogens is 4. The van der Waals surface area contributed by atoms with E-state index in [9.17, 15) is 0 Å². The Balaban J connectivity index is 1.43. The first kappa shape index (κ1) is 48.5. The van der Waals surface area contributed by atoms with Crippen LogP contribution in [0.1, 0.15) is 114 Å². The van der Waals surface area contributed by atoms with Crippen molar-refractivity contribution in [2.45, 2.75) is 128 Å². The SMILES string of the molecule is Cc1cc(C)c(-c2c3nc(c(-c4c(C)cc(C)cc4C)c4ccc([nH]4)c(-c4ccc(N(O[Si](C)(C)C(C)(C)C)C(C)(C)C)cc4)c4ccc([nH]4)c(-c4c(C)cc(C)cc4C)c4nc2C=C4)C=C3)c(C)c1. The summed E-state index contributed by atoms with van der Waals surface area (Å²) in [7, 11) is -2.18. The minimum atomic E-state index is -2.18. The van der Waals surface area contributed by atoms with E-state index in [0.29, 0.717) is 0 Å². The van der Waals surface area contributed by atoms with Gasteiger partial charge in [-0.3, -0.25) is 5.06 Å². The molecule has 8 bridgehead atoms. The van der Waals surface area contributed by atoms with Crippen LogP contribution in [0.5, 0.6) is 0 Å². The Bertz CT molecular complexity index is 3270. The van der Waals surface area contributed by atoms with Crippen LogP contribution in [0.4, 0.5) is 5.69 Å². The normalized spacial score (nSPS) is 12.9. The molecule has 2 aliphatic heterocycles. The molecule has 3 aromatic heterocycles. The highest BCUT2D eigenvalue weighted by atomic mass is 28.4. The van der Waals surface area contributed by atoms with E-state index in [0.717, 1.165) is 78.3 Å². The van der Waals surface area contributed by atoms with Crippen LogP contribution in [-0.2, 0) is 4.53 Å². The summed E-state index contributed by atoms with van der Waals surface area (Å²) < 4.78 is 7.08. The predicted octanol–water partition coefficient (Wildman–Crippen LogP) is 17.6. The van der Waals surface area contributed by atoms with E-state index in [-0.39, 0.29) is 10.6 Å². The predicted molar refractivity (Wildman–Crippen MR) is 304 cm³/mol. The number of aryl methyl sites for hydroxylation is 9. The van der Waals surface area contributed by atoms with Crippen molar-refractivity contribution in [2.75, 3.05) is 5.06 Å². The van der Waals surface area contributed by atoms with Crippen LogP contribution < -0.4 is 5.06 Å². The topological polar surface area (TPSA) is 69.8 Å². The van der Waals surface area contributed by atoms with E-state index in [4.69, 9.17) is 14.5 Å². The van der Waals surface area contributed by atoms with E-state index in [1.165, 1.54) is 66.8 Å². The molecule has 0 spiro atoms. The first-order valence-corrected chi connectivity index (χ1v) is 27.8. The Morgan fingerprint density at radius 2 is 0.729 bits per heavy atom. The number of aromatic amines is 2. The summed E-state index contributed by atoms with van der Waals surface area (Å²) in [4.78, 5) is 19.3. The van der Waals surface area contributed by atoms with Crippen LogP contribution in [0.2, 0.25) is 18.1 Å². The third-order valence-electron chi connectivity index (χ3n) is 14.7. The molecule has 4 aromatic carbocycles. The molecule has 70 heavy (non-hydrogen) atoms. The molecule has 358 valence electrons. The molecular formula is C63H71N5OSi. The van der Waals surface area contributed by atoms with Gasteiger partial charge in [0.25, 0.3) is 0 Å². The van der Waals surface area contributed by atoms with E-state index in [2.05, 4.69) is 241 Å². The fourth-order valence-electron chi connectivity index (χ4n) is 10.7. The first-order valence-electron chi connectivity index (χ1n) is 24.9. The number of nitrogens with zero attached hydrogens (tertiary/aromatic N) is 3. The van der Waals surface area contributed by atoms with E-state index in [1.807, 2.05) is 0 Å². The number of anilines is 1. The lowest BCUT2D eigenvalue weighted by molar-refractivity contribution is 0.185. The fourth-order valence-corrected chi connectivity index (χ4v) is 11.8. The summed E-state index contributed by atoms with van der Waals surface area (Å²) in [5.41, 5.74) is 28.2. The number of fused-ring (bicyclic) bond motifs is 8. The summed E-state index contributed by atoms with van der Waals surface area (Å²) in [5, 5.41) is 2.19. The summed E-state index contributed by atoms with van der Waals surface area (Å²) >= 11 is 0. The van der Waals surface area contributed by atoms with Crippen LogP contribution in [-0.4, -0.2) is 33.8 Å². The highest BCUT2D eigenvalue weighted by Crippen LogP contribution is 2.44. The molecule has 0 aliphatic carbocycles. The number of benzene rings is 4. The van der Waals surface area contributed by atoms with Gasteiger partial charge in [0, 0.05) is 44.3 Å². The molecule has 0 amide bonds. The summed E-state index contributed by atoms with van der Waals surface area (Å²) in [6.07, 6.45) is 8.80. The molecule has 6 nitrogen and oxygen atoms in total. The third kappa shape index (κ3) is 8.83. The van der Waals surface area contributed by atoms with Crippen LogP contribution >= 0.6 is 0 Å². The van der Waals surface area contributed by atoms with Crippen molar-refractivity contribution < 1.29 is 4.53 Å². The largest absolute Gasteiger partial charge is 0.354 e. The molecule has 7 aromatic rings. The van der Waals surface area contributed by atoms with E-state index < -0.39 is 8.32 Å². The Morgan fingerprint density at radius 3 is 1.06 bits per heavy atom. The average Bonchev–Trinajstić information content (AvgIpc) is 4.10. The van der Waals surface area contributed by atoms with Gasteiger partial charge in [-0.1, -0.05) is 86.0 Å². The van der Waals surface area contributed by atoms with Gasteiger partial charge in [0.1, 0.15) is 0 Å². The fraction of sp³-hybridized carbons (Fsp3) is 0.302. The number of nitrogens with one attached hydrogen (secondary N) is 2. The van der Waals surface area contributed by atoms with Crippen molar-refractivity contribution in [1.82, 2.24) is 19.9 Å². The molecule has 0 atom stereocenters. The van der Waals surface area contributed by atoms with Crippen molar-refractivity contribution in [3.63, 3.8) is 0 Å².